The predicted molar refractivity (Wildman–Crippen MR) is 74.4 cm³/mol. The number of nitrogens with one attached hydrogen (secondary N) is 1. The van der Waals surface area contributed by atoms with Gasteiger partial charge in [0.2, 0.25) is 0 Å². The van der Waals surface area contributed by atoms with E-state index in [0.29, 0.717) is 0 Å². The van der Waals surface area contributed by atoms with Crippen molar-refractivity contribution in [2.75, 3.05) is 26.2 Å². The van der Waals surface area contributed by atoms with Crippen molar-refractivity contribution in [1.29, 1.82) is 0 Å². The minimum atomic E-state index is 0.826. The molecule has 0 radical (unpaired) electrons. The molecule has 0 aliphatic carbocycles. The van der Waals surface area contributed by atoms with Crippen molar-refractivity contribution in [3.05, 3.63) is 18.2 Å². The fraction of sp³-hybridized carbons (Fsp3) is 0.786. The van der Waals surface area contributed by atoms with Crippen LogP contribution in [0.15, 0.2) is 12.5 Å². The first-order chi connectivity index (χ1) is 8.83. The first-order valence-electron chi connectivity index (χ1n) is 7.25. The van der Waals surface area contributed by atoms with Crippen LogP contribution >= 0.6 is 0 Å². The van der Waals surface area contributed by atoms with Gasteiger partial charge in [-0.2, -0.15) is 0 Å². The summed E-state index contributed by atoms with van der Waals surface area (Å²) >= 11 is 0. The minimum absolute atomic E-state index is 0.826. The molecule has 1 aromatic rings. The third-order valence-corrected chi connectivity index (χ3v) is 3.82. The van der Waals surface area contributed by atoms with Crippen molar-refractivity contribution in [1.82, 2.24) is 19.8 Å². The molecular weight excluding hydrogens is 224 g/mol. The van der Waals surface area contributed by atoms with E-state index in [1.165, 1.54) is 31.7 Å². The van der Waals surface area contributed by atoms with Gasteiger partial charge in [-0.3, -0.25) is 0 Å². The maximum absolute atomic E-state index is 4.23. The van der Waals surface area contributed by atoms with E-state index in [2.05, 4.69) is 33.6 Å². The zero-order chi connectivity index (χ0) is 12.8. The summed E-state index contributed by atoms with van der Waals surface area (Å²) in [5.74, 6) is 0.826. The first-order valence-corrected chi connectivity index (χ1v) is 7.25. The number of nitrogens with zero attached hydrogens (tertiary/aromatic N) is 3. The van der Waals surface area contributed by atoms with Gasteiger partial charge in [-0.05, 0) is 38.4 Å². The summed E-state index contributed by atoms with van der Waals surface area (Å²) in [6, 6.07) is 0. The lowest BCUT2D eigenvalue weighted by Gasteiger charge is -2.14. The average Bonchev–Trinajstić information content (AvgIpc) is 3.00. The molecule has 1 saturated heterocycles. The molecule has 18 heavy (non-hydrogen) atoms. The molecule has 0 amide bonds. The van der Waals surface area contributed by atoms with E-state index in [0.717, 1.165) is 32.0 Å². The fourth-order valence-corrected chi connectivity index (χ4v) is 2.71. The second kappa shape index (κ2) is 6.90. The summed E-state index contributed by atoms with van der Waals surface area (Å²) in [6.07, 6.45) is 6.43. The van der Waals surface area contributed by atoms with Crippen molar-refractivity contribution in [2.24, 2.45) is 5.92 Å². The van der Waals surface area contributed by atoms with Gasteiger partial charge in [-0.25, -0.2) is 4.98 Å². The highest BCUT2D eigenvalue weighted by molar-refractivity contribution is 4.98. The molecule has 0 saturated carbocycles. The fourth-order valence-electron chi connectivity index (χ4n) is 2.71. The van der Waals surface area contributed by atoms with Gasteiger partial charge in [0.25, 0.3) is 0 Å². The molecule has 1 atom stereocenters. The molecule has 1 aliphatic heterocycles. The van der Waals surface area contributed by atoms with Gasteiger partial charge in [0.15, 0.2) is 0 Å². The highest BCUT2D eigenvalue weighted by atomic mass is 15.1. The average molecular weight is 250 g/mol. The van der Waals surface area contributed by atoms with E-state index in [1.807, 2.05) is 12.5 Å². The van der Waals surface area contributed by atoms with Crippen LogP contribution in [-0.4, -0.2) is 40.6 Å². The van der Waals surface area contributed by atoms with Gasteiger partial charge in [0.1, 0.15) is 0 Å². The van der Waals surface area contributed by atoms with E-state index in [1.54, 1.807) is 0 Å². The Hall–Kier alpha value is -0.870. The van der Waals surface area contributed by atoms with Gasteiger partial charge in [-0.15, -0.1) is 0 Å². The molecule has 1 aliphatic rings. The summed E-state index contributed by atoms with van der Waals surface area (Å²) in [6.45, 7) is 11.3. The summed E-state index contributed by atoms with van der Waals surface area (Å²) in [4.78, 5) is 6.77. The Morgan fingerprint density at radius 3 is 3.06 bits per heavy atom. The summed E-state index contributed by atoms with van der Waals surface area (Å²) < 4.78 is 2.25. The van der Waals surface area contributed by atoms with E-state index in [-0.39, 0.29) is 0 Å². The van der Waals surface area contributed by atoms with Crippen molar-refractivity contribution >= 4 is 0 Å². The topological polar surface area (TPSA) is 33.1 Å². The highest BCUT2D eigenvalue weighted by Crippen LogP contribution is 2.14. The van der Waals surface area contributed by atoms with Gasteiger partial charge in [0.05, 0.1) is 12.0 Å². The SMILES string of the molecule is CCCn1cncc1CNCC1CCN(CC)C1. The molecule has 1 fully saturated rings. The monoisotopic (exact) mass is 250 g/mol. The van der Waals surface area contributed by atoms with Crippen LogP contribution in [-0.2, 0) is 13.1 Å². The Morgan fingerprint density at radius 1 is 1.44 bits per heavy atom. The number of hydrogen-bond acceptors (Lipinski definition) is 3. The molecule has 0 bridgehead atoms. The van der Waals surface area contributed by atoms with E-state index < -0.39 is 0 Å². The molecule has 1 aromatic heterocycles. The van der Waals surface area contributed by atoms with Crippen LogP contribution in [0.4, 0.5) is 0 Å². The molecule has 4 nitrogen and oxygen atoms in total. The number of imidazole rings is 1. The number of rotatable bonds is 7. The van der Waals surface area contributed by atoms with Gasteiger partial charge in [-0.1, -0.05) is 13.8 Å². The lowest BCUT2D eigenvalue weighted by atomic mass is 10.1. The summed E-state index contributed by atoms with van der Waals surface area (Å²) in [5, 5.41) is 3.59. The van der Waals surface area contributed by atoms with Crippen LogP contribution < -0.4 is 5.32 Å². The number of aryl methyl sites for hydroxylation is 1. The summed E-state index contributed by atoms with van der Waals surface area (Å²) in [5.41, 5.74) is 1.31. The second-order valence-corrected chi connectivity index (χ2v) is 5.26. The van der Waals surface area contributed by atoms with Gasteiger partial charge < -0.3 is 14.8 Å². The maximum Gasteiger partial charge on any atom is 0.0948 e. The van der Waals surface area contributed by atoms with Crippen LogP contribution in [0.2, 0.25) is 0 Å². The largest absolute Gasteiger partial charge is 0.333 e. The van der Waals surface area contributed by atoms with Crippen molar-refractivity contribution in [3.8, 4) is 0 Å². The van der Waals surface area contributed by atoms with E-state index in [4.69, 9.17) is 0 Å². The summed E-state index contributed by atoms with van der Waals surface area (Å²) in [7, 11) is 0. The van der Waals surface area contributed by atoms with E-state index in [9.17, 15) is 0 Å². The van der Waals surface area contributed by atoms with E-state index >= 15 is 0 Å². The number of likely N-dealkylation sites (tertiary alicyclic amines) is 1. The van der Waals surface area contributed by atoms with Crippen molar-refractivity contribution < 1.29 is 0 Å². The Kier molecular flexibility index (Phi) is 5.20. The predicted octanol–water partition coefficient (Wildman–Crippen LogP) is 1.72. The first kappa shape index (κ1) is 13.6. The molecular formula is C14H26N4. The van der Waals surface area contributed by atoms with Crippen LogP contribution in [0.3, 0.4) is 0 Å². The molecule has 1 unspecified atom stereocenters. The van der Waals surface area contributed by atoms with Gasteiger partial charge >= 0.3 is 0 Å². The highest BCUT2D eigenvalue weighted by Gasteiger charge is 2.20. The zero-order valence-electron chi connectivity index (χ0n) is 11.7. The number of hydrogen-bond donors (Lipinski definition) is 1. The molecule has 1 N–H and O–H groups in total. The third-order valence-electron chi connectivity index (χ3n) is 3.82. The molecule has 2 rings (SSSR count). The minimum Gasteiger partial charge on any atom is -0.333 e. The normalized spacial score (nSPS) is 20.7. The van der Waals surface area contributed by atoms with Crippen LogP contribution in [0.1, 0.15) is 32.4 Å². The maximum atomic E-state index is 4.23. The second-order valence-electron chi connectivity index (χ2n) is 5.26. The Morgan fingerprint density at radius 2 is 2.33 bits per heavy atom. The standard InChI is InChI=1S/C14H26N4/c1-3-6-18-12-16-10-14(18)9-15-8-13-5-7-17(4-2)11-13/h10,12-13,15H,3-9,11H2,1-2H3. The third kappa shape index (κ3) is 3.56. The Bertz CT molecular complexity index is 347. The van der Waals surface area contributed by atoms with Crippen molar-refractivity contribution in [2.45, 2.75) is 39.8 Å². The van der Waals surface area contributed by atoms with Crippen LogP contribution in [0.5, 0.6) is 0 Å². The molecule has 0 aromatic carbocycles. The lowest BCUT2D eigenvalue weighted by molar-refractivity contribution is 0.338. The lowest BCUT2D eigenvalue weighted by Crippen LogP contribution is -2.26. The van der Waals surface area contributed by atoms with Crippen LogP contribution in [0, 0.1) is 5.92 Å². The molecule has 102 valence electrons. The Balaban J connectivity index is 1.70. The molecule has 2 heterocycles. The molecule has 0 spiro atoms. The Labute approximate surface area is 110 Å². The quantitative estimate of drug-likeness (QED) is 0.800. The molecule has 4 heteroatoms. The van der Waals surface area contributed by atoms with Gasteiger partial charge in [0, 0.05) is 25.8 Å². The van der Waals surface area contributed by atoms with Crippen LogP contribution in [0.25, 0.3) is 0 Å². The smallest absolute Gasteiger partial charge is 0.0948 e. The number of aromatic nitrogens is 2. The van der Waals surface area contributed by atoms with Crippen molar-refractivity contribution in [3.63, 3.8) is 0 Å². The zero-order valence-corrected chi connectivity index (χ0v) is 11.7.